The molecule has 0 atom stereocenters. The number of nitrogens with one attached hydrogen (secondary N) is 2. The molecule has 1 saturated heterocycles. The van der Waals surface area contributed by atoms with Crippen LogP contribution in [0.2, 0.25) is 5.02 Å². The normalized spacial score (nSPS) is 13.4. The number of rotatable bonds is 4. The smallest absolute Gasteiger partial charge is 0.261 e. The van der Waals surface area contributed by atoms with Crippen LogP contribution in [0.4, 0.5) is 11.4 Å². The van der Waals surface area contributed by atoms with E-state index in [0.29, 0.717) is 26.5 Å². The van der Waals surface area contributed by atoms with Crippen LogP contribution in [0.5, 0.6) is 5.75 Å². The van der Waals surface area contributed by atoms with Crippen LogP contribution in [0.3, 0.4) is 0 Å². The lowest BCUT2D eigenvalue weighted by atomic mass is 10.2. The molecule has 1 aliphatic rings. The summed E-state index contributed by atoms with van der Waals surface area (Å²) in [6, 6.07) is 9.15. The molecular formula is C19H18Br2ClN3O2S. The quantitative estimate of drug-likeness (QED) is 0.488. The number of hydrogen-bond acceptors (Lipinski definition) is 4. The molecule has 1 aliphatic heterocycles. The van der Waals surface area contributed by atoms with Gasteiger partial charge in [0.15, 0.2) is 5.11 Å². The highest BCUT2D eigenvalue weighted by Crippen LogP contribution is 2.33. The van der Waals surface area contributed by atoms with Gasteiger partial charge >= 0.3 is 0 Å². The van der Waals surface area contributed by atoms with E-state index < -0.39 is 0 Å². The number of benzene rings is 2. The zero-order chi connectivity index (χ0) is 20.3. The lowest BCUT2D eigenvalue weighted by Gasteiger charge is -2.20. The zero-order valence-corrected chi connectivity index (χ0v) is 19.8. The number of thiocarbonyl (C=S) groups is 1. The fourth-order valence-electron chi connectivity index (χ4n) is 3.07. The molecule has 2 N–H and O–H groups in total. The Labute approximate surface area is 191 Å². The summed E-state index contributed by atoms with van der Waals surface area (Å²) in [6.07, 6.45) is 2.36. The van der Waals surface area contributed by atoms with Crippen molar-refractivity contribution in [2.45, 2.75) is 12.8 Å². The molecule has 0 bridgehead atoms. The molecule has 3 rings (SSSR count). The fourth-order valence-corrected chi connectivity index (χ4v) is 4.97. The number of carbonyl (C=O) groups excluding carboxylic acids is 1. The zero-order valence-electron chi connectivity index (χ0n) is 15.0. The second kappa shape index (κ2) is 9.43. The summed E-state index contributed by atoms with van der Waals surface area (Å²) in [4.78, 5) is 14.9. The average molecular weight is 548 g/mol. The van der Waals surface area contributed by atoms with Gasteiger partial charge in [0.05, 0.1) is 27.9 Å². The van der Waals surface area contributed by atoms with Crippen LogP contribution < -0.4 is 20.3 Å². The number of amides is 1. The Morgan fingerprint density at radius 2 is 1.93 bits per heavy atom. The molecular weight excluding hydrogens is 530 g/mol. The van der Waals surface area contributed by atoms with Crippen molar-refractivity contribution in [1.82, 2.24) is 5.32 Å². The minimum Gasteiger partial charge on any atom is -0.495 e. The molecule has 2 aromatic rings. The summed E-state index contributed by atoms with van der Waals surface area (Å²) in [7, 11) is 1.51. The molecule has 1 heterocycles. The predicted octanol–water partition coefficient (Wildman–Crippen LogP) is 5.60. The molecule has 0 unspecified atom stereocenters. The highest BCUT2D eigenvalue weighted by Gasteiger charge is 2.18. The summed E-state index contributed by atoms with van der Waals surface area (Å²) in [5, 5.41) is 6.50. The van der Waals surface area contributed by atoms with Gasteiger partial charge in [0, 0.05) is 23.2 Å². The first-order chi connectivity index (χ1) is 13.4. The summed E-state index contributed by atoms with van der Waals surface area (Å²) in [6.45, 7) is 2.04. The van der Waals surface area contributed by atoms with Crippen molar-refractivity contribution in [1.29, 1.82) is 0 Å². The van der Waals surface area contributed by atoms with E-state index in [2.05, 4.69) is 47.4 Å². The number of nitrogens with zero attached hydrogens (tertiary/aromatic N) is 1. The number of ether oxygens (including phenoxy) is 1. The Balaban J connectivity index is 1.69. The molecule has 0 aliphatic carbocycles. The number of anilines is 2. The number of halogens is 3. The molecule has 148 valence electrons. The molecule has 1 fully saturated rings. The van der Waals surface area contributed by atoms with Crippen molar-refractivity contribution < 1.29 is 9.53 Å². The molecule has 0 saturated carbocycles. The van der Waals surface area contributed by atoms with E-state index in [0.717, 1.165) is 23.2 Å². The van der Waals surface area contributed by atoms with Crippen LogP contribution in [0.25, 0.3) is 0 Å². The van der Waals surface area contributed by atoms with Gasteiger partial charge in [-0.05, 0) is 71.3 Å². The predicted molar refractivity (Wildman–Crippen MR) is 125 cm³/mol. The number of carbonyl (C=O) groups is 1. The van der Waals surface area contributed by atoms with Crippen LogP contribution in [-0.2, 0) is 0 Å². The van der Waals surface area contributed by atoms with E-state index in [1.54, 1.807) is 12.1 Å². The summed E-state index contributed by atoms with van der Waals surface area (Å²) in [5.41, 5.74) is 2.08. The van der Waals surface area contributed by atoms with E-state index in [-0.39, 0.29) is 11.0 Å². The standard InChI is InChI=1S/C19H18Br2ClN3O2S/c1-27-17-13(8-11(20)9-14(17)21)18(26)24-19(28)23-12-4-5-16(15(22)10-12)25-6-2-3-7-25/h4-5,8-10H,2-3,6-7H2,1H3,(H2,23,24,26,28). The monoisotopic (exact) mass is 545 g/mol. The average Bonchev–Trinajstić information content (AvgIpc) is 3.15. The minimum absolute atomic E-state index is 0.174. The summed E-state index contributed by atoms with van der Waals surface area (Å²) < 4.78 is 6.72. The van der Waals surface area contributed by atoms with E-state index in [4.69, 9.17) is 28.6 Å². The number of hydrogen-bond donors (Lipinski definition) is 2. The van der Waals surface area contributed by atoms with Crippen LogP contribution in [0.15, 0.2) is 39.3 Å². The van der Waals surface area contributed by atoms with Gasteiger partial charge in [0.1, 0.15) is 5.75 Å². The van der Waals surface area contributed by atoms with Gasteiger partial charge in [0.2, 0.25) is 0 Å². The SMILES string of the molecule is COc1c(Br)cc(Br)cc1C(=O)NC(=S)Nc1ccc(N2CCCC2)c(Cl)c1. The molecule has 0 aromatic heterocycles. The van der Waals surface area contributed by atoms with Crippen LogP contribution >= 0.6 is 55.7 Å². The van der Waals surface area contributed by atoms with E-state index in [1.807, 2.05) is 18.2 Å². The third-order valence-corrected chi connectivity index (χ3v) is 5.89. The molecule has 0 spiro atoms. The van der Waals surface area contributed by atoms with Gasteiger partial charge in [-0.3, -0.25) is 10.1 Å². The molecule has 1 amide bonds. The van der Waals surface area contributed by atoms with Gasteiger partial charge in [-0.15, -0.1) is 0 Å². The van der Waals surface area contributed by atoms with Gasteiger partial charge in [0.25, 0.3) is 5.91 Å². The highest BCUT2D eigenvalue weighted by molar-refractivity contribution is 9.11. The molecule has 0 radical (unpaired) electrons. The maximum Gasteiger partial charge on any atom is 0.261 e. The van der Waals surface area contributed by atoms with Gasteiger partial charge in [-0.25, -0.2) is 0 Å². The number of methoxy groups -OCH3 is 1. The minimum atomic E-state index is -0.379. The van der Waals surface area contributed by atoms with E-state index >= 15 is 0 Å². The third kappa shape index (κ3) is 4.97. The maximum atomic E-state index is 12.6. The topological polar surface area (TPSA) is 53.6 Å². The second-order valence-corrected chi connectivity index (χ2v) is 8.82. The van der Waals surface area contributed by atoms with E-state index in [9.17, 15) is 4.79 Å². The van der Waals surface area contributed by atoms with Crippen molar-refractivity contribution in [2.24, 2.45) is 0 Å². The summed E-state index contributed by atoms with van der Waals surface area (Å²) >= 11 is 18.5. The lowest BCUT2D eigenvalue weighted by Crippen LogP contribution is -2.34. The Kier molecular flexibility index (Phi) is 7.20. The van der Waals surface area contributed by atoms with E-state index in [1.165, 1.54) is 20.0 Å². The molecule has 28 heavy (non-hydrogen) atoms. The van der Waals surface area contributed by atoms with Crippen molar-refractivity contribution in [3.8, 4) is 5.75 Å². The second-order valence-electron chi connectivity index (χ2n) is 6.24. The largest absolute Gasteiger partial charge is 0.495 e. The third-order valence-electron chi connectivity index (χ3n) is 4.34. The molecule has 5 nitrogen and oxygen atoms in total. The Hall–Kier alpha value is -1.35. The first-order valence-electron chi connectivity index (χ1n) is 8.59. The first-order valence-corrected chi connectivity index (χ1v) is 11.0. The molecule has 2 aromatic carbocycles. The molecule has 9 heteroatoms. The van der Waals surface area contributed by atoms with Crippen molar-refractivity contribution >= 4 is 78.1 Å². The highest BCUT2D eigenvalue weighted by atomic mass is 79.9. The first kappa shape index (κ1) is 21.4. The van der Waals surface area contributed by atoms with Gasteiger partial charge in [-0.1, -0.05) is 27.5 Å². The van der Waals surface area contributed by atoms with Crippen LogP contribution in [-0.4, -0.2) is 31.2 Å². The maximum absolute atomic E-state index is 12.6. The Morgan fingerprint density at radius 1 is 1.21 bits per heavy atom. The van der Waals surface area contributed by atoms with Crippen molar-refractivity contribution in [3.05, 3.63) is 49.9 Å². The Bertz CT molecular complexity index is 920. The summed E-state index contributed by atoms with van der Waals surface area (Å²) in [5.74, 6) is 0.0534. The fraction of sp³-hybridized carbons (Fsp3) is 0.263. The van der Waals surface area contributed by atoms with Crippen molar-refractivity contribution in [2.75, 3.05) is 30.4 Å². The van der Waals surface area contributed by atoms with Gasteiger partial charge < -0.3 is 15.0 Å². The van der Waals surface area contributed by atoms with Crippen molar-refractivity contribution in [3.63, 3.8) is 0 Å². The Morgan fingerprint density at radius 3 is 2.57 bits per heavy atom. The lowest BCUT2D eigenvalue weighted by molar-refractivity contribution is 0.0974. The van der Waals surface area contributed by atoms with Crippen LogP contribution in [0.1, 0.15) is 23.2 Å². The van der Waals surface area contributed by atoms with Crippen LogP contribution in [0, 0.1) is 0 Å². The van der Waals surface area contributed by atoms with Gasteiger partial charge in [-0.2, -0.15) is 0 Å².